The van der Waals surface area contributed by atoms with Gasteiger partial charge in [0.1, 0.15) is 11.1 Å². The zero-order valence-electron chi connectivity index (χ0n) is 11.2. The fourth-order valence-corrected chi connectivity index (χ4v) is 2.97. The minimum absolute atomic E-state index is 0.164. The molecular formula is C12H18BrF3N4. The summed E-state index contributed by atoms with van der Waals surface area (Å²) < 4.78 is 38.5. The van der Waals surface area contributed by atoms with Crippen LogP contribution in [0.2, 0.25) is 0 Å². The average Bonchev–Trinajstić information content (AvgIpc) is 2.62. The molecule has 4 nitrogen and oxygen atoms in total. The third-order valence-corrected chi connectivity index (χ3v) is 4.24. The van der Waals surface area contributed by atoms with Crippen molar-refractivity contribution >= 4 is 15.9 Å². The Balaban J connectivity index is 2.04. The van der Waals surface area contributed by atoms with Crippen LogP contribution in [0.15, 0.2) is 10.7 Å². The first kappa shape index (κ1) is 15.8. The van der Waals surface area contributed by atoms with Gasteiger partial charge in [0.15, 0.2) is 0 Å². The molecule has 2 heterocycles. The number of nitrogens with zero attached hydrogens (tertiary/aromatic N) is 3. The number of piperidine rings is 1. The Kier molecular flexibility index (Phi) is 4.76. The van der Waals surface area contributed by atoms with E-state index in [1.807, 2.05) is 7.05 Å². The van der Waals surface area contributed by atoms with Gasteiger partial charge in [0, 0.05) is 18.5 Å². The molecule has 0 aliphatic carbocycles. The normalized spacial score (nSPS) is 25.1. The number of halogens is 4. The van der Waals surface area contributed by atoms with Crippen LogP contribution in [0.25, 0.3) is 0 Å². The second kappa shape index (κ2) is 6.03. The number of likely N-dealkylation sites (tertiary alicyclic amines) is 1. The molecule has 0 aromatic carbocycles. The molecule has 1 aliphatic rings. The first-order valence-electron chi connectivity index (χ1n) is 6.49. The Bertz CT molecular complexity index is 460. The van der Waals surface area contributed by atoms with E-state index in [0.717, 1.165) is 24.1 Å². The molecule has 1 aromatic rings. The molecule has 2 unspecified atom stereocenters. The van der Waals surface area contributed by atoms with Crippen LogP contribution in [0.1, 0.15) is 18.5 Å². The van der Waals surface area contributed by atoms with Gasteiger partial charge < -0.3 is 10.6 Å². The Morgan fingerprint density at radius 2 is 2.20 bits per heavy atom. The lowest BCUT2D eigenvalue weighted by molar-refractivity contribution is -0.143. The topological polar surface area (TPSA) is 47.1 Å². The molecule has 0 radical (unpaired) electrons. The molecule has 2 N–H and O–H groups in total. The van der Waals surface area contributed by atoms with E-state index in [4.69, 9.17) is 5.73 Å². The molecule has 2 atom stereocenters. The van der Waals surface area contributed by atoms with E-state index in [-0.39, 0.29) is 12.1 Å². The summed E-state index contributed by atoms with van der Waals surface area (Å²) in [6.07, 6.45) is -1.84. The van der Waals surface area contributed by atoms with E-state index < -0.39 is 12.7 Å². The fraction of sp³-hybridized carbons (Fsp3) is 0.750. The van der Waals surface area contributed by atoms with Crippen LogP contribution < -0.4 is 5.73 Å². The molecule has 0 bridgehead atoms. The van der Waals surface area contributed by atoms with Crippen molar-refractivity contribution in [2.24, 2.45) is 5.73 Å². The maximum atomic E-state index is 12.4. The highest BCUT2D eigenvalue weighted by molar-refractivity contribution is 9.10. The largest absolute Gasteiger partial charge is 0.408 e. The minimum Gasteiger partial charge on any atom is -0.328 e. The standard InChI is InChI=1S/C12H18BrF3N4/c1-19-3-2-8(17)4-10(19)5-9-6-11(13)20(18-9)7-12(14,15)16/h6,8,10H,2-5,7,17H2,1H3. The highest BCUT2D eigenvalue weighted by atomic mass is 79.9. The maximum Gasteiger partial charge on any atom is 0.408 e. The zero-order valence-corrected chi connectivity index (χ0v) is 12.8. The number of likely N-dealkylation sites (N-methyl/N-ethyl adjacent to an activating group) is 1. The van der Waals surface area contributed by atoms with Gasteiger partial charge >= 0.3 is 6.18 Å². The number of aromatic nitrogens is 2. The average molecular weight is 355 g/mol. The summed E-state index contributed by atoms with van der Waals surface area (Å²) >= 11 is 3.12. The van der Waals surface area contributed by atoms with E-state index in [9.17, 15) is 13.2 Å². The highest BCUT2D eigenvalue weighted by Gasteiger charge is 2.30. The molecule has 0 spiro atoms. The Hall–Kier alpha value is -0.600. The van der Waals surface area contributed by atoms with Crippen molar-refractivity contribution < 1.29 is 13.2 Å². The second-order valence-electron chi connectivity index (χ2n) is 5.35. The van der Waals surface area contributed by atoms with Gasteiger partial charge in [0.2, 0.25) is 0 Å². The van der Waals surface area contributed by atoms with Crippen molar-refractivity contribution in [1.82, 2.24) is 14.7 Å². The summed E-state index contributed by atoms with van der Waals surface area (Å²) in [6.45, 7) is -0.163. The molecule has 1 saturated heterocycles. The van der Waals surface area contributed by atoms with E-state index in [1.165, 1.54) is 0 Å². The Labute approximate surface area is 124 Å². The number of hydrogen-bond donors (Lipinski definition) is 1. The number of rotatable bonds is 3. The third-order valence-electron chi connectivity index (χ3n) is 3.61. The summed E-state index contributed by atoms with van der Waals surface area (Å²) in [5, 5.41) is 4.03. The van der Waals surface area contributed by atoms with Crippen LogP contribution in [-0.2, 0) is 13.0 Å². The van der Waals surface area contributed by atoms with Crippen LogP contribution in [0, 0.1) is 0 Å². The fourth-order valence-electron chi connectivity index (χ4n) is 2.50. The number of hydrogen-bond acceptors (Lipinski definition) is 3. The van der Waals surface area contributed by atoms with Gasteiger partial charge in [-0.1, -0.05) is 0 Å². The van der Waals surface area contributed by atoms with Crippen LogP contribution in [0.4, 0.5) is 13.2 Å². The molecule has 20 heavy (non-hydrogen) atoms. The molecule has 8 heteroatoms. The first-order valence-corrected chi connectivity index (χ1v) is 7.28. The molecular weight excluding hydrogens is 337 g/mol. The van der Waals surface area contributed by atoms with Gasteiger partial charge in [-0.05, 0) is 48.4 Å². The maximum absolute atomic E-state index is 12.4. The summed E-state index contributed by atoms with van der Waals surface area (Å²) in [7, 11) is 2.01. The lowest BCUT2D eigenvalue weighted by atomic mass is 9.95. The van der Waals surface area contributed by atoms with E-state index >= 15 is 0 Å². The monoisotopic (exact) mass is 354 g/mol. The lowest BCUT2D eigenvalue weighted by Crippen LogP contribution is -2.45. The predicted octanol–water partition coefficient (Wildman–Crippen LogP) is 2.17. The van der Waals surface area contributed by atoms with Crippen molar-refractivity contribution in [2.75, 3.05) is 13.6 Å². The molecule has 2 rings (SSSR count). The van der Waals surface area contributed by atoms with Gasteiger partial charge in [-0.2, -0.15) is 18.3 Å². The summed E-state index contributed by atoms with van der Waals surface area (Å²) in [6, 6.07) is 2.05. The molecule has 0 amide bonds. The number of nitrogens with two attached hydrogens (primary N) is 1. The Morgan fingerprint density at radius 3 is 2.85 bits per heavy atom. The second-order valence-corrected chi connectivity index (χ2v) is 6.17. The minimum atomic E-state index is -4.27. The van der Waals surface area contributed by atoms with E-state index in [2.05, 4.69) is 25.9 Å². The molecule has 1 aliphatic heterocycles. The summed E-state index contributed by atoms with van der Waals surface area (Å²) in [4.78, 5) is 2.19. The summed E-state index contributed by atoms with van der Waals surface area (Å²) in [5.74, 6) is 0. The predicted molar refractivity (Wildman–Crippen MR) is 73.3 cm³/mol. The first-order chi connectivity index (χ1) is 9.24. The van der Waals surface area contributed by atoms with E-state index in [1.54, 1.807) is 6.07 Å². The van der Waals surface area contributed by atoms with Crippen LogP contribution in [-0.4, -0.2) is 46.5 Å². The van der Waals surface area contributed by atoms with Crippen molar-refractivity contribution in [3.63, 3.8) is 0 Å². The molecule has 0 saturated carbocycles. The van der Waals surface area contributed by atoms with Crippen LogP contribution in [0.3, 0.4) is 0 Å². The zero-order chi connectivity index (χ0) is 14.9. The van der Waals surface area contributed by atoms with Crippen LogP contribution >= 0.6 is 15.9 Å². The van der Waals surface area contributed by atoms with Gasteiger partial charge in [0.05, 0.1) is 5.69 Å². The third kappa shape index (κ3) is 4.20. The van der Waals surface area contributed by atoms with Gasteiger partial charge in [-0.15, -0.1) is 0 Å². The van der Waals surface area contributed by atoms with Gasteiger partial charge in [0.25, 0.3) is 0 Å². The van der Waals surface area contributed by atoms with Crippen molar-refractivity contribution in [3.8, 4) is 0 Å². The SMILES string of the molecule is CN1CCC(N)CC1Cc1cc(Br)n(CC(F)(F)F)n1. The van der Waals surface area contributed by atoms with Crippen molar-refractivity contribution in [2.45, 2.75) is 44.1 Å². The van der Waals surface area contributed by atoms with Crippen LogP contribution in [0.5, 0.6) is 0 Å². The number of alkyl halides is 3. The van der Waals surface area contributed by atoms with Gasteiger partial charge in [-0.25, -0.2) is 4.68 Å². The Morgan fingerprint density at radius 1 is 1.50 bits per heavy atom. The molecule has 1 fully saturated rings. The van der Waals surface area contributed by atoms with Crippen molar-refractivity contribution in [3.05, 3.63) is 16.4 Å². The van der Waals surface area contributed by atoms with Gasteiger partial charge in [-0.3, -0.25) is 0 Å². The summed E-state index contributed by atoms with van der Waals surface area (Å²) in [5.41, 5.74) is 6.61. The van der Waals surface area contributed by atoms with E-state index in [0.29, 0.717) is 16.7 Å². The quantitative estimate of drug-likeness (QED) is 0.904. The lowest BCUT2D eigenvalue weighted by Gasteiger charge is -2.35. The smallest absolute Gasteiger partial charge is 0.328 e. The van der Waals surface area contributed by atoms with Crippen molar-refractivity contribution in [1.29, 1.82) is 0 Å². The highest BCUT2D eigenvalue weighted by Crippen LogP contribution is 2.23. The molecule has 1 aromatic heterocycles. The molecule has 114 valence electrons.